The molecule has 3 nitrogen and oxygen atoms in total. The van der Waals surface area contributed by atoms with Crippen LogP contribution >= 0.6 is 12.4 Å². The molecule has 3 unspecified atom stereocenters. The molecule has 2 saturated carbocycles. The van der Waals surface area contributed by atoms with Crippen LogP contribution in [0.15, 0.2) is 24.3 Å². The highest BCUT2D eigenvalue weighted by Gasteiger charge is 2.59. The summed E-state index contributed by atoms with van der Waals surface area (Å²) in [6.07, 6.45) is 7.03. The molecule has 1 aromatic rings. The Morgan fingerprint density at radius 2 is 2.14 bits per heavy atom. The normalized spacial score (nSPS) is 30.1. The molecule has 3 N–H and O–H groups in total. The SMILES string of the molecule is Cl.NC(CNC(=O)C1CC12CCCc1ccccc12)C1CC1. The number of amides is 1. The van der Waals surface area contributed by atoms with E-state index in [0.717, 1.165) is 12.8 Å². The standard InChI is InChI=1S/C18H24N2O.ClH/c19-16(13-7-8-13)11-20-17(21)15-10-18(15)9-3-5-12-4-1-2-6-14(12)18;/h1-2,4,6,13,15-16H,3,5,7-11,19H2,(H,20,21);1H. The van der Waals surface area contributed by atoms with Crippen molar-refractivity contribution >= 4 is 18.3 Å². The van der Waals surface area contributed by atoms with Gasteiger partial charge < -0.3 is 11.1 Å². The number of rotatable bonds is 4. The molecule has 0 bridgehead atoms. The van der Waals surface area contributed by atoms with Crippen molar-refractivity contribution in [3.63, 3.8) is 0 Å². The maximum atomic E-state index is 12.5. The molecule has 4 heteroatoms. The third-order valence-corrected chi connectivity index (χ3v) is 5.75. The third-order valence-electron chi connectivity index (χ3n) is 5.75. The number of fused-ring (bicyclic) bond motifs is 2. The third kappa shape index (κ3) is 2.65. The van der Waals surface area contributed by atoms with Crippen molar-refractivity contribution in [3.8, 4) is 0 Å². The summed E-state index contributed by atoms with van der Waals surface area (Å²) in [7, 11) is 0. The average molecular weight is 321 g/mol. The van der Waals surface area contributed by atoms with E-state index in [1.807, 2.05) is 0 Å². The first-order valence-electron chi connectivity index (χ1n) is 8.32. The highest BCUT2D eigenvalue weighted by Crippen LogP contribution is 2.60. The number of hydrogen-bond donors (Lipinski definition) is 2. The number of nitrogens with one attached hydrogen (secondary N) is 1. The summed E-state index contributed by atoms with van der Waals surface area (Å²) in [5, 5.41) is 3.10. The molecule has 0 heterocycles. The number of hydrogen-bond acceptors (Lipinski definition) is 2. The van der Waals surface area contributed by atoms with Gasteiger partial charge in [-0.25, -0.2) is 0 Å². The van der Waals surface area contributed by atoms with Gasteiger partial charge in [0.15, 0.2) is 0 Å². The molecule has 2 fully saturated rings. The van der Waals surface area contributed by atoms with E-state index in [-0.39, 0.29) is 35.7 Å². The molecule has 3 aliphatic carbocycles. The van der Waals surface area contributed by atoms with E-state index in [1.54, 1.807) is 0 Å². The molecule has 3 aliphatic rings. The summed E-state index contributed by atoms with van der Waals surface area (Å²) in [5.41, 5.74) is 9.11. The zero-order valence-electron chi connectivity index (χ0n) is 12.9. The van der Waals surface area contributed by atoms with Gasteiger partial charge in [-0.2, -0.15) is 0 Å². The molecule has 4 rings (SSSR count). The lowest BCUT2D eigenvalue weighted by atomic mass is 9.78. The first kappa shape index (κ1) is 15.8. The first-order valence-corrected chi connectivity index (χ1v) is 8.32. The number of halogens is 1. The molecule has 0 aromatic heterocycles. The van der Waals surface area contributed by atoms with Crippen molar-refractivity contribution < 1.29 is 4.79 Å². The van der Waals surface area contributed by atoms with Crippen LogP contribution in [0.4, 0.5) is 0 Å². The van der Waals surface area contributed by atoms with E-state index in [9.17, 15) is 4.79 Å². The van der Waals surface area contributed by atoms with Gasteiger partial charge in [-0.3, -0.25) is 4.79 Å². The van der Waals surface area contributed by atoms with Crippen molar-refractivity contribution in [1.29, 1.82) is 0 Å². The fraction of sp³-hybridized carbons (Fsp3) is 0.611. The van der Waals surface area contributed by atoms with Crippen LogP contribution in [-0.4, -0.2) is 18.5 Å². The van der Waals surface area contributed by atoms with Crippen molar-refractivity contribution in [2.24, 2.45) is 17.6 Å². The highest BCUT2D eigenvalue weighted by molar-refractivity contribution is 5.85. The summed E-state index contributed by atoms with van der Waals surface area (Å²) in [5.74, 6) is 1.04. The Kier molecular flexibility index (Phi) is 4.21. The lowest BCUT2D eigenvalue weighted by Crippen LogP contribution is -2.40. The van der Waals surface area contributed by atoms with Crippen LogP contribution in [0.3, 0.4) is 0 Å². The number of benzene rings is 1. The Hall–Kier alpha value is -1.06. The predicted octanol–water partition coefficient (Wildman–Crippen LogP) is 2.56. The number of nitrogens with two attached hydrogens (primary N) is 1. The molecule has 3 atom stereocenters. The lowest BCUT2D eigenvalue weighted by molar-refractivity contribution is -0.122. The Morgan fingerprint density at radius 3 is 2.91 bits per heavy atom. The monoisotopic (exact) mass is 320 g/mol. The molecule has 0 saturated heterocycles. The van der Waals surface area contributed by atoms with Crippen LogP contribution < -0.4 is 11.1 Å². The van der Waals surface area contributed by atoms with Gasteiger partial charge in [0, 0.05) is 23.9 Å². The summed E-state index contributed by atoms with van der Waals surface area (Å²) in [4.78, 5) is 12.5. The molecular formula is C18H25ClN2O. The minimum atomic E-state index is 0. The van der Waals surface area contributed by atoms with E-state index >= 15 is 0 Å². The minimum Gasteiger partial charge on any atom is -0.354 e. The fourth-order valence-corrected chi connectivity index (χ4v) is 4.21. The largest absolute Gasteiger partial charge is 0.354 e. The molecule has 120 valence electrons. The van der Waals surface area contributed by atoms with Crippen LogP contribution in [-0.2, 0) is 16.6 Å². The fourth-order valence-electron chi connectivity index (χ4n) is 4.21. The van der Waals surface area contributed by atoms with Gasteiger partial charge in [0.25, 0.3) is 0 Å². The van der Waals surface area contributed by atoms with Gasteiger partial charge in [0.05, 0.1) is 0 Å². The van der Waals surface area contributed by atoms with E-state index < -0.39 is 0 Å². The van der Waals surface area contributed by atoms with Crippen molar-refractivity contribution in [1.82, 2.24) is 5.32 Å². The minimum absolute atomic E-state index is 0. The predicted molar refractivity (Wildman–Crippen MR) is 90.1 cm³/mol. The van der Waals surface area contributed by atoms with Gasteiger partial charge >= 0.3 is 0 Å². The molecule has 1 spiro atoms. The molecule has 22 heavy (non-hydrogen) atoms. The second-order valence-corrected chi connectivity index (χ2v) is 7.17. The average Bonchev–Trinajstić information content (AvgIpc) is 3.40. The highest BCUT2D eigenvalue weighted by atomic mass is 35.5. The van der Waals surface area contributed by atoms with E-state index in [1.165, 1.54) is 36.8 Å². The van der Waals surface area contributed by atoms with Gasteiger partial charge in [-0.15, -0.1) is 12.4 Å². The smallest absolute Gasteiger partial charge is 0.224 e. The Bertz CT molecular complexity index is 572. The van der Waals surface area contributed by atoms with E-state index in [0.29, 0.717) is 12.5 Å². The quantitative estimate of drug-likeness (QED) is 0.896. The van der Waals surface area contributed by atoms with Gasteiger partial charge in [0.1, 0.15) is 0 Å². The van der Waals surface area contributed by atoms with E-state index in [2.05, 4.69) is 29.6 Å². The summed E-state index contributed by atoms with van der Waals surface area (Å²) in [6.45, 7) is 0.651. The van der Waals surface area contributed by atoms with Gasteiger partial charge in [0.2, 0.25) is 5.91 Å². The molecule has 0 aliphatic heterocycles. The molecular weight excluding hydrogens is 296 g/mol. The maximum absolute atomic E-state index is 12.5. The van der Waals surface area contributed by atoms with Crippen LogP contribution in [0.25, 0.3) is 0 Å². The van der Waals surface area contributed by atoms with Crippen LogP contribution in [0.1, 0.15) is 43.2 Å². The Labute approximate surface area is 138 Å². The summed E-state index contributed by atoms with van der Waals surface area (Å²) in [6, 6.07) is 8.85. The van der Waals surface area contributed by atoms with E-state index in [4.69, 9.17) is 5.73 Å². The second-order valence-electron chi connectivity index (χ2n) is 7.17. The summed E-state index contributed by atoms with van der Waals surface area (Å²) < 4.78 is 0. The van der Waals surface area contributed by atoms with Crippen molar-refractivity contribution in [2.75, 3.05) is 6.54 Å². The zero-order chi connectivity index (χ0) is 14.4. The Morgan fingerprint density at radius 1 is 1.36 bits per heavy atom. The second kappa shape index (κ2) is 5.86. The zero-order valence-corrected chi connectivity index (χ0v) is 13.7. The van der Waals surface area contributed by atoms with Crippen LogP contribution in [0.2, 0.25) is 0 Å². The molecule has 1 aromatic carbocycles. The van der Waals surface area contributed by atoms with Gasteiger partial charge in [-0.05, 0) is 55.6 Å². The molecule has 0 radical (unpaired) electrons. The lowest BCUT2D eigenvalue weighted by Gasteiger charge is -2.26. The number of carbonyl (C=O) groups is 1. The maximum Gasteiger partial charge on any atom is 0.224 e. The Balaban J connectivity index is 0.00000144. The van der Waals surface area contributed by atoms with Crippen molar-refractivity contribution in [2.45, 2.75) is 50.0 Å². The van der Waals surface area contributed by atoms with Crippen LogP contribution in [0, 0.1) is 11.8 Å². The molecule has 1 amide bonds. The number of carbonyl (C=O) groups excluding carboxylic acids is 1. The topological polar surface area (TPSA) is 55.1 Å². The van der Waals surface area contributed by atoms with Crippen LogP contribution in [0.5, 0.6) is 0 Å². The first-order chi connectivity index (χ1) is 10.2. The summed E-state index contributed by atoms with van der Waals surface area (Å²) >= 11 is 0. The number of aryl methyl sites for hydroxylation is 1. The van der Waals surface area contributed by atoms with Gasteiger partial charge in [-0.1, -0.05) is 24.3 Å². The van der Waals surface area contributed by atoms with Crippen molar-refractivity contribution in [3.05, 3.63) is 35.4 Å².